The smallest absolute Gasteiger partial charge is 0.354 e. The van der Waals surface area contributed by atoms with Gasteiger partial charge in [-0.05, 0) is 18.9 Å². The lowest BCUT2D eigenvalue weighted by Gasteiger charge is -2.11. The zero-order valence-corrected chi connectivity index (χ0v) is 9.06. The van der Waals surface area contributed by atoms with E-state index in [9.17, 15) is 4.79 Å². The third-order valence-corrected chi connectivity index (χ3v) is 2.87. The molecule has 0 saturated heterocycles. The van der Waals surface area contributed by atoms with Crippen LogP contribution in [0.15, 0.2) is 18.3 Å². The Hall–Kier alpha value is -1.42. The van der Waals surface area contributed by atoms with Gasteiger partial charge in [0.05, 0.1) is 12.7 Å². The molecule has 1 saturated carbocycles. The van der Waals surface area contributed by atoms with Crippen molar-refractivity contribution in [3.63, 3.8) is 0 Å². The van der Waals surface area contributed by atoms with Gasteiger partial charge in [-0.2, -0.15) is 0 Å². The Balaban J connectivity index is 2.00. The van der Waals surface area contributed by atoms with E-state index in [2.05, 4.69) is 4.98 Å². The molecule has 0 atom stereocenters. The minimum absolute atomic E-state index is 0.0977. The zero-order valence-electron chi connectivity index (χ0n) is 9.06. The van der Waals surface area contributed by atoms with Gasteiger partial charge in [-0.15, -0.1) is 0 Å². The molecule has 0 spiro atoms. The summed E-state index contributed by atoms with van der Waals surface area (Å²) in [5, 5.41) is 8.94. The van der Waals surface area contributed by atoms with Gasteiger partial charge in [0.15, 0.2) is 5.69 Å². The first-order valence-electron chi connectivity index (χ1n) is 5.56. The minimum Gasteiger partial charge on any atom is -0.477 e. The number of carboxylic acid groups (broad SMARTS) is 1. The molecule has 1 aromatic rings. The molecule has 0 aromatic carbocycles. The Kier molecular flexibility index (Phi) is 3.51. The first-order chi connectivity index (χ1) is 7.77. The van der Waals surface area contributed by atoms with Gasteiger partial charge < -0.3 is 9.84 Å². The summed E-state index contributed by atoms with van der Waals surface area (Å²) >= 11 is 0. The van der Waals surface area contributed by atoms with Crippen LogP contribution in [0.2, 0.25) is 0 Å². The second kappa shape index (κ2) is 5.07. The largest absolute Gasteiger partial charge is 0.477 e. The fraction of sp³-hybridized carbons (Fsp3) is 0.500. The highest BCUT2D eigenvalue weighted by molar-refractivity contribution is 5.86. The molecule has 86 valence electrons. The number of rotatable bonds is 4. The van der Waals surface area contributed by atoms with Crippen molar-refractivity contribution in [2.24, 2.45) is 0 Å². The lowest BCUT2D eigenvalue weighted by Crippen LogP contribution is -2.11. The van der Waals surface area contributed by atoms with E-state index >= 15 is 0 Å². The maximum absolute atomic E-state index is 10.9. The molecule has 1 fully saturated rings. The van der Waals surface area contributed by atoms with Crippen molar-refractivity contribution in [1.29, 1.82) is 0 Å². The summed E-state index contributed by atoms with van der Waals surface area (Å²) in [6.45, 7) is 0.347. The van der Waals surface area contributed by atoms with Crippen molar-refractivity contribution in [3.05, 3.63) is 29.6 Å². The van der Waals surface area contributed by atoms with Gasteiger partial charge in [0.2, 0.25) is 0 Å². The predicted molar refractivity (Wildman–Crippen MR) is 58.2 cm³/mol. The van der Waals surface area contributed by atoms with Crippen molar-refractivity contribution in [3.8, 4) is 0 Å². The predicted octanol–water partition coefficient (Wildman–Crippen LogP) is 2.24. The van der Waals surface area contributed by atoms with E-state index in [0.29, 0.717) is 18.3 Å². The van der Waals surface area contributed by atoms with Crippen LogP contribution in [-0.2, 0) is 11.3 Å². The monoisotopic (exact) mass is 221 g/mol. The summed E-state index contributed by atoms with van der Waals surface area (Å²) in [6, 6.07) is 3.49. The van der Waals surface area contributed by atoms with Crippen molar-refractivity contribution < 1.29 is 14.6 Å². The van der Waals surface area contributed by atoms with Crippen LogP contribution >= 0.6 is 0 Å². The van der Waals surface area contributed by atoms with Gasteiger partial charge in [-0.1, -0.05) is 18.9 Å². The van der Waals surface area contributed by atoms with E-state index in [1.807, 2.05) is 0 Å². The van der Waals surface area contributed by atoms with Gasteiger partial charge in [-0.3, -0.25) is 0 Å². The Morgan fingerprint density at radius 2 is 2.25 bits per heavy atom. The van der Waals surface area contributed by atoms with Crippen molar-refractivity contribution in [1.82, 2.24) is 4.98 Å². The Morgan fingerprint density at radius 3 is 2.94 bits per heavy atom. The van der Waals surface area contributed by atoms with E-state index in [1.165, 1.54) is 19.0 Å². The number of hydrogen-bond acceptors (Lipinski definition) is 3. The quantitative estimate of drug-likeness (QED) is 0.847. The van der Waals surface area contributed by atoms with E-state index < -0.39 is 5.97 Å². The number of hydrogen-bond donors (Lipinski definition) is 1. The fourth-order valence-electron chi connectivity index (χ4n) is 2.01. The van der Waals surface area contributed by atoms with Crippen LogP contribution in [-0.4, -0.2) is 22.2 Å². The van der Waals surface area contributed by atoms with Crippen LogP contribution in [0.25, 0.3) is 0 Å². The summed E-state index contributed by atoms with van der Waals surface area (Å²) in [5.41, 5.74) is 0.752. The third-order valence-electron chi connectivity index (χ3n) is 2.87. The van der Waals surface area contributed by atoms with Crippen LogP contribution in [0.3, 0.4) is 0 Å². The van der Waals surface area contributed by atoms with Gasteiger partial charge in [0.25, 0.3) is 0 Å². The average molecular weight is 221 g/mol. The topological polar surface area (TPSA) is 59.4 Å². The van der Waals surface area contributed by atoms with E-state index in [1.54, 1.807) is 12.1 Å². The number of carboxylic acids is 1. The molecule has 0 bridgehead atoms. The molecular formula is C12H15NO3. The maximum atomic E-state index is 10.9. The molecule has 0 radical (unpaired) electrons. The van der Waals surface area contributed by atoms with Crippen molar-refractivity contribution in [2.45, 2.75) is 38.4 Å². The Bertz CT molecular complexity index is 372. The van der Waals surface area contributed by atoms with Gasteiger partial charge >= 0.3 is 5.97 Å². The van der Waals surface area contributed by atoms with E-state index in [-0.39, 0.29) is 5.69 Å². The average Bonchev–Trinajstić information content (AvgIpc) is 2.79. The third kappa shape index (κ3) is 2.58. The van der Waals surface area contributed by atoms with Crippen molar-refractivity contribution in [2.75, 3.05) is 0 Å². The molecule has 0 unspecified atom stereocenters. The Morgan fingerprint density at radius 1 is 1.50 bits per heavy atom. The molecule has 1 aliphatic carbocycles. The number of aromatic nitrogens is 1. The molecule has 1 aromatic heterocycles. The second-order valence-corrected chi connectivity index (χ2v) is 4.03. The van der Waals surface area contributed by atoms with Crippen LogP contribution in [0.1, 0.15) is 41.7 Å². The molecule has 2 rings (SSSR count). The number of ether oxygens (including phenoxy) is 1. The summed E-state index contributed by atoms with van der Waals surface area (Å²) in [5.74, 6) is -0.995. The Labute approximate surface area is 94.3 Å². The second-order valence-electron chi connectivity index (χ2n) is 4.03. The number of pyridine rings is 1. The number of carbonyl (C=O) groups is 1. The fourth-order valence-corrected chi connectivity index (χ4v) is 2.01. The first-order valence-corrected chi connectivity index (χ1v) is 5.56. The molecule has 0 aliphatic heterocycles. The lowest BCUT2D eigenvalue weighted by molar-refractivity contribution is 0.0437. The standard InChI is InChI=1S/C12H15NO3/c14-12(15)11-9(4-3-7-13-11)8-16-10-5-1-2-6-10/h3-4,7,10H,1-2,5-6,8H2,(H,14,15). The van der Waals surface area contributed by atoms with Crippen LogP contribution in [0.4, 0.5) is 0 Å². The highest BCUT2D eigenvalue weighted by atomic mass is 16.5. The van der Waals surface area contributed by atoms with E-state index in [0.717, 1.165) is 12.8 Å². The zero-order chi connectivity index (χ0) is 11.4. The van der Waals surface area contributed by atoms with Crippen LogP contribution in [0.5, 0.6) is 0 Å². The maximum Gasteiger partial charge on any atom is 0.354 e. The molecule has 1 aliphatic rings. The van der Waals surface area contributed by atoms with Gasteiger partial charge in [0.1, 0.15) is 0 Å². The molecule has 1 N–H and O–H groups in total. The normalized spacial score (nSPS) is 16.5. The lowest BCUT2D eigenvalue weighted by atomic mass is 10.2. The SMILES string of the molecule is O=C(O)c1ncccc1COC1CCCC1. The number of aromatic carboxylic acids is 1. The summed E-state index contributed by atoms with van der Waals surface area (Å²) in [7, 11) is 0. The molecule has 1 heterocycles. The summed E-state index contributed by atoms with van der Waals surface area (Å²) < 4.78 is 5.68. The van der Waals surface area contributed by atoms with Gasteiger partial charge in [0, 0.05) is 11.8 Å². The van der Waals surface area contributed by atoms with E-state index in [4.69, 9.17) is 9.84 Å². The van der Waals surface area contributed by atoms with Crippen LogP contribution in [0, 0.1) is 0 Å². The summed E-state index contributed by atoms with van der Waals surface area (Å²) in [4.78, 5) is 14.7. The highest BCUT2D eigenvalue weighted by Crippen LogP contribution is 2.22. The number of nitrogens with zero attached hydrogens (tertiary/aromatic N) is 1. The first kappa shape index (κ1) is 11.1. The van der Waals surface area contributed by atoms with Crippen LogP contribution < -0.4 is 0 Å². The molecule has 4 nitrogen and oxygen atoms in total. The van der Waals surface area contributed by atoms with Gasteiger partial charge in [-0.25, -0.2) is 9.78 Å². The summed E-state index contributed by atoms with van der Waals surface area (Å²) in [6.07, 6.45) is 6.38. The molecular weight excluding hydrogens is 206 g/mol. The molecule has 0 amide bonds. The van der Waals surface area contributed by atoms with Crippen molar-refractivity contribution >= 4 is 5.97 Å². The minimum atomic E-state index is -0.995. The molecule has 4 heteroatoms. The molecule has 16 heavy (non-hydrogen) atoms. The highest BCUT2D eigenvalue weighted by Gasteiger charge is 2.17.